The van der Waals surface area contributed by atoms with Gasteiger partial charge < -0.3 is 9.84 Å². The van der Waals surface area contributed by atoms with E-state index in [-0.39, 0.29) is 7.43 Å². The first-order valence-corrected chi connectivity index (χ1v) is 2.81. The van der Waals surface area contributed by atoms with Crippen molar-refractivity contribution < 1.29 is 9.84 Å². The molecule has 1 unspecified atom stereocenters. The Morgan fingerprint density at radius 1 is 1.50 bits per heavy atom. The van der Waals surface area contributed by atoms with E-state index < -0.39 is 6.29 Å². The molecule has 2 rings (SSSR count). The quantitative estimate of drug-likeness (QED) is 0.547. The van der Waals surface area contributed by atoms with Crippen LogP contribution in [0.1, 0.15) is 7.43 Å². The zero-order chi connectivity index (χ0) is 6.27. The fourth-order valence-electron chi connectivity index (χ4n) is 0.980. The molecular formula is C8H10O2. The van der Waals surface area contributed by atoms with Crippen molar-refractivity contribution in [2.75, 3.05) is 0 Å². The highest BCUT2D eigenvalue weighted by Crippen LogP contribution is 2.26. The molecule has 0 aromatic heterocycles. The minimum atomic E-state index is -0.726. The second-order valence-corrected chi connectivity index (χ2v) is 2.02. The van der Waals surface area contributed by atoms with Crippen molar-refractivity contribution in [1.82, 2.24) is 0 Å². The Bertz CT molecular complexity index is 223. The molecule has 0 aromatic carbocycles. The van der Waals surface area contributed by atoms with Gasteiger partial charge in [0.05, 0.1) is 0 Å². The summed E-state index contributed by atoms with van der Waals surface area (Å²) in [6.45, 7) is 0. The fourth-order valence-corrected chi connectivity index (χ4v) is 0.980. The second kappa shape index (κ2) is 2.31. The Hall–Kier alpha value is -1.02. The van der Waals surface area contributed by atoms with Gasteiger partial charge in [0, 0.05) is 5.57 Å². The highest BCUT2D eigenvalue weighted by atomic mass is 16.6. The van der Waals surface area contributed by atoms with E-state index in [9.17, 15) is 0 Å². The molecule has 2 aliphatic rings. The summed E-state index contributed by atoms with van der Waals surface area (Å²) in [4.78, 5) is 0. The number of hydrogen-bond acceptors (Lipinski definition) is 2. The summed E-state index contributed by atoms with van der Waals surface area (Å²) >= 11 is 0. The number of hydrogen-bond donors (Lipinski definition) is 1. The van der Waals surface area contributed by atoms with Crippen LogP contribution in [0, 0.1) is 0 Å². The zero-order valence-electron chi connectivity index (χ0n) is 4.74. The Labute approximate surface area is 60.1 Å². The van der Waals surface area contributed by atoms with Gasteiger partial charge in [-0.1, -0.05) is 19.6 Å². The molecule has 1 heterocycles. The first-order valence-electron chi connectivity index (χ1n) is 2.81. The monoisotopic (exact) mass is 138 g/mol. The number of ether oxygens (including phenoxy) is 1. The molecule has 2 nitrogen and oxygen atoms in total. The van der Waals surface area contributed by atoms with Crippen molar-refractivity contribution in [1.29, 1.82) is 0 Å². The summed E-state index contributed by atoms with van der Waals surface area (Å²) in [5.74, 6) is 0.780. The smallest absolute Gasteiger partial charge is 0.218 e. The van der Waals surface area contributed by atoms with E-state index in [0.29, 0.717) is 0 Å². The van der Waals surface area contributed by atoms with Crippen molar-refractivity contribution in [3.63, 3.8) is 0 Å². The molecule has 0 amide bonds. The Morgan fingerprint density at radius 2 is 2.30 bits per heavy atom. The lowest BCUT2D eigenvalue weighted by Crippen LogP contribution is -1.99. The van der Waals surface area contributed by atoms with Gasteiger partial charge in [0.25, 0.3) is 0 Å². The molecular weight excluding hydrogens is 128 g/mol. The fraction of sp³-hybridized carbons (Fsp3) is 0.250. The maximum Gasteiger partial charge on any atom is 0.218 e. The normalized spacial score (nSPS) is 26.3. The Kier molecular flexibility index (Phi) is 1.64. The molecule has 0 bridgehead atoms. The maximum atomic E-state index is 8.86. The van der Waals surface area contributed by atoms with Crippen LogP contribution in [-0.2, 0) is 4.74 Å². The van der Waals surface area contributed by atoms with Gasteiger partial charge in [-0.05, 0) is 12.2 Å². The second-order valence-electron chi connectivity index (χ2n) is 2.02. The van der Waals surface area contributed by atoms with Gasteiger partial charge in [-0.3, -0.25) is 0 Å². The largest absolute Gasteiger partial charge is 0.461 e. The van der Waals surface area contributed by atoms with Crippen LogP contribution in [0.3, 0.4) is 0 Å². The molecule has 1 atom stereocenters. The van der Waals surface area contributed by atoms with Crippen LogP contribution in [0.5, 0.6) is 0 Å². The molecule has 1 aliphatic carbocycles. The van der Waals surface area contributed by atoms with E-state index in [2.05, 4.69) is 0 Å². The first kappa shape index (κ1) is 7.09. The van der Waals surface area contributed by atoms with Crippen molar-refractivity contribution in [2.45, 2.75) is 13.7 Å². The summed E-state index contributed by atoms with van der Waals surface area (Å²) in [5.41, 5.74) is 0.988. The molecule has 0 fully saturated rings. The summed E-state index contributed by atoms with van der Waals surface area (Å²) < 4.78 is 4.95. The van der Waals surface area contributed by atoms with E-state index in [1.54, 1.807) is 6.08 Å². The number of fused-ring (bicyclic) bond motifs is 1. The highest BCUT2D eigenvalue weighted by Gasteiger charge is 2.19. The van der Waals surface area contributed by atoms with Crippen LogP contribution in [0.15, 0.2) is 35.6 Å². The number of rotatable bonds is 0. The molecule has 10 heavy (non-hydrogen) atoms. The minimum absolute atomic E-state index is 0. The van der Waals surface area contributed by atoms with Crippen molar-refractivity contribution >= 4 is 0 Å². The summed E-state index contributed by atoms with van der Waals surface area (Å²) in [6, 6.07) is 0. The predicted molar refractivity (Wildman–Crippen MR) is 39.1 cm³/mol. The summed E-state index contributed by atoms with van der Waals surface area (Å²) in [6.07, 6.45) is 6.59. The van der Waals surface area contributed by atoms with Gasteiger partial charge in [0.1, 0.15) is 5.76 Å². The molecule has 1 aliphatic heterocycles. The molecule has 54 valence electrons. The maximum absolute atomic E-state index is 8.86. The van der Waals surface area contributed by atoms with Gasteiger partial charge in [-0.15, -0.1) is 0 Å². The zero-order valence-corrected chi connectivity index (χ0v) is 4.74. The molecule has 0 saturated carbocycles. The molecule has 0 aromatic rings. The van der Waals surface area contributed by atoms with Crippen molar-refractivity contribution in [3.05, 3.63) is 35.6 Å². The van der Waals surface area contributed by atoms with Crippen molar-refractivity contribution in [3.8, 4) is 0 Å². The predicted octanol–water partition coefficient (Wildman–Crippen LogP) is 1.35. The third kappa shape index (κ3) is 0.866. The van der Waals surface area contributed by atoms with Crippen LogP contribution in [-0.4, -0.2) is 11.4 Å². The number of aliphatic hydroxyl groups is 1. The molecule has 0 saturated heterocycles. The standard InChI is InChI=1S/C7H6O2.CH4/c8-7-4-5-2-1-3-6(5)9-7;/h1-4,7-8H;1H4. The van der Waals surface area contributed by atoms with Crippen molar-refractivity contribution in [2.24, 2.45) is 0 Å². The van der Waals surface area contributed by atoms with Gasteiger partial charge in [0.15, 0.2) is 0 Å². The summed E-state index contributed by atoms with van der Waals surface area (Å²) in [5, 5.41) is 8.86. The van der Waals surface area contributed by atoms with E-state index in [0.717, 1.165) is 11.3 Å². The lowest BCUT2D eigenvalue weighted by molar-refractivity contribution is -0.0102. The van der Waals surface area contributed by atoms with Crippen LogP contribution < -0.4 is 0 Å². The molecule has 0 radical (unpaired) electrons. The van der Waals surface area contributed by atoms with E-state index in [1.165, 1.54) is 0 Å². The topological polar surface area (TPSA) is 29.5 Å². The molecule has 0 spiro atoms. The molecule has 2 heteroatoms. The van der Waals surface area contributed by atoms with E-state index >= 15 is 0 Å². The average molecular weight is 138 g/mol. The molecule has 1 N–H and O–H groups in total. The third-order valence-electron chi connectivity index (χ3n) is 1.38. The Balaban J connectivity index is 0.000000500. The van der Waals surface area contributed by atoms with Gasteiger partial charge in [-0.2, -0.15) is 0 Å². The highest BCUT2D eigenvalue weighted by molar-refractivity contribution is 5.47. The minimum Gasteiger partial charge on any atom is -0.461 e. The summed E-state index contributed by atoms with van der Waals surface area (Å²) in [7, 11) is 0. The number of aliphatic hydroxyl groups excluding tert-OH is 1. The average Bonchev–Trinajstić information content (AvgIpc) is 2.22. The van der Waals surface area contributed by atoms with Crippen LogP contribution >= 0.6 is 0 Å². The lowest BCUT2D eigenvalue weighted by atomic mass is 10.3. The van der Waals surface area contributed by atoms with Crippen LogP contribution in [0.25, 0.3) is 0 Å². The van der Waals surface area contributed by atoms with Crippen LogP contribution in [0.4, 0.5) is 0 Å². The lowest BCUT2D eigenvalue weighted by Gasteiger charge is -1.99. The van der Waals surface area contributed by atoms with Gasteiger partial charge in [-0.25, -0.2) is 0 Å². The van der Waals surface area contributed by atoms with Gasteiger partial charge in [0.2, 0.25) is 6.29 Å². The Morgan fingerprint density at radius 3 is 3.00 bits per heavy atom. The van der Waals surface area contributed by atoms with E-state index in [1.807, 2.05) is 18.2 Å². The van der Waals surface area contributed by atoms with Crippen LogP contribution in [0.2, 0.25) is 0 Å². The first-order chi connectivity index (χ1) is 4.36. The SMILES string of the molecule is C.OC1C=C2C=CC=C2O1. The number of allylic oxidation sites excluding steroid dienone is 3. The third-order valence-corrected chi connectivity index (χ3v) is 1.38. The van der Waals surface area contributed by atoms with E-state index in [4.69, 9.17) is 9.84 Å². The van der Waals surface area contributed by atoms with Gasteiger partial charge >= 0.3 is 0 Å².